The van der Waals surface area contributed by atoms with Crippen molar-refractivity contribution >= 4 is 23.7 Å². The van der Waals surface area contributed by atoms with Gasteiger partial charge in [0.05, 0.1) is 6.20 Å². The SMILES string of the molecule is CCCC1CNCCN1Cc1ccc(-c2cnn(C)c2)s1.Cl. The average molecular weight is 341 g/mol. The predicted octanol–water partition coefficient (Wildman–Crippen LogP) is 3.14. The Kier molecular flexibility index (Phi) is 6.44. The van der Waals surface area contributed by atoms with E-state index < -0.39 is 0 Å². The Morgan fingerprint density at radius 3 is 3.00 bits per heavy atom. The predicted molar refractivity (Wildman–Crippen MR) is 95.7 cm³/mol. The van der Waals surface area contributed by atoms with Crippen LogP contribution in [0.25, 0.3) is 10.4 Å². The molecule has 3 rings (SSSR count). The number of rotatable bonds is 5. The fraction of sp³-hybridized carbons (Fsp3) is 0.562. The van der Waals surface area contributed by atoms with Crippen LogP contribution in [0.2, 0.25) is 0 Å². The molecule has 0 aromatic carbocycles. The van der Waals surface area contributed by atoms with Gasteiger partial charge in [-0.25, -0.2) is 0 Å². The molecule has 22 heavy (non-hydrogen) atoms. The van der Waals surface area contributed by atoms with Crippen LogP contribution < -0.4 is 5.32 Å². The van der Waals surface area contributed by atoms with Crippen molar-refractivity contribution in [2.45, 2.75) is 32.4 Å². The monoisotopic (exact) mass is 340 g/mol. The molecule has 1 N–H and O–H groups in total. The maximum atomic E-state index is 4.26. The summed E-state index contributed by atoms with van der Waals surface area (Å²) in [4.78, 5) is 5.41. The quantitative estimate of drug-likeness (QED) is 0.907. The first-order chi connectivity index (χ1) is 10.3. The van der Waals surface area contributed by atoms with Gasteiger partial charge in [-0.05, 0) is 18.6 Å². The van der Waals surface area contributed by atoms with Crippen LogP contribution in [0.4, 0.5) is 0 Å². The first-order valence-electron chi connectivity index (χ1n) is 7.78. The number of aromatic nitrogens is 2. The second kappa shape index (κ2) is 8.11. The number of hydrogen-bond acceptors (Lipinski definition) is 4. The lowest BCUT2D eigenvalue weighted by Gasteiger charge is -2.35. The average Bonchev–Trinajstić information content (AvgIpc) is 3.10. The second-order valence-electron chi connectivity index (χ2n) is 5.79. The lowest BCUT2D eigenvalue weighted by atomic mass is 10.1. The Bertz CT molecular complexity index is 578. The largest absolute Gasteiger partial charge is 0.314 e. The molecule has 0 aliphatic carbocycles. The highest BCUT2D eigenvalue weighted by Crippen LogP contribution is 2.29. The zero-order valence-electron chi connectivity index (χ0n) is 13.3. The molecule has 1 aliphatic heterocycles. The molecule has 0 bridgehead atoms. The molecule has 0 amide bonds. The summed E-state index contributed by atoms with van der Waals surface area (Å²) >= 11 is 1.90. The minimum Gasteiger partial charge on any atom is -0.314 e. The van der Waals surface area contributed by atoms with Gasteiger partial charge in [0, 0.05) is 60.8 Å². The van der Waals surface area contributed by atoms with E-state index in [1.807, 2.05) is 29.3 Å². The van der Waals surface area contributed by atoms with E-state index in [9.17, 15) is 0 Å². The highest BCUT2D eigenvalue weighted by Gasteiger charge is 2.21. The molecule has 2 aromatic rings. The molecule has 6 heteroatoms. The molecule has 2 aromatic heterocycles. The zero-order chi connectivity index (χ0) is 14.7. The summed E-state index contributed by atoms with van der Waals surface area (Å²) in [6.07, 6.45) is 6.57. The first kappa shape index (κ1) is 17.5. The van der Waals surface area contributed by atoms with Crippen LogP contribution >= 0.6 is 23.7 Å². The normalized spacial score (nSPS) is 19.1. The molecule has 1 saturated heterocycles. The van der Waals surface area contributed by atoms with Gasteiger partial charge in [0.1, 0.15) is 0 Å². The van der Waals surface area contributed by atoms with Crippen molar-refractivity contribution < 1.29 is 0 Å². The topological polar surface area (TPSA) is 33.1 Å². The lowest BCUT2D eigenvalue weighted by molar-refractivity contribution is 0.145. The molecule has 1 atom stereocenters. The zero-order valence-corrected chi connectivity index (χ0v) is 14.9. The highest BCUT2D eigenvalue weighted by molar-refractivity contribution is 7.15. The summed E-state index contributed by atoms with van der Waals surface area (Å²) in [6.45, 7) is 6.76. The molecule has 1 aliphatic rings. The summed E-state index contributed by atoms with van der Waals surface area (Å²) in [5, 5.41) is 7.78. The molecule has 1 unspecified atom stereocenters. The van der Waals surface area contributed by atoms with Crippen molar-refractivity contribution in [1.82, 2.24) is 20.0 Å². The van der Waals surface area contributed by atoms with Crippen molar-refractivity contribution in [1.29, 1.82) is 0 Å². The molecule has 122 valence electrons. The minimum atomic E-state index is 0. The molecule has 3 heterocycles. The second-order valence-corrected chi connectivity index (χ2v) is 6.95. The third-order valence-electron chi connectivity index (χ3n) is 4.10. The number of nitrogens with one attached hydrogen (secondary N) is 1. The van der Waals surface area contributed by atoms with Crippen molar-refractivity contribution in [2.24, 2.45) is 7.05 Å². The Balaban J connectivity index is 0.00000176. The van der Waals surface area contributed by atoms with E-state index in [0.29, 0.717) is 6.04 Å². The van der Waals surface area contributed by atoms with E-state index in [2.05, 4.69) is 40.6 Å². The summed E-state index contributed by atoms with van der Waals surface area (Å²) in [7, 11) is 1.97. The van der Waals surface area contributed by atoms with Gasteiger partial charge >= 0.3 is 0 Å². The van der Waals surface area contributed by atoms with Gasteiger partial charge < -0.3 is 5.32 Å². The molecule has 4 nitrogen and oxygen atoms in total. The minimum absolute atomic E-state index is 0. The van der Waals surface area contributed by atoms with Crippen LogP contribution in [-0.4, -0.2) is 40.4 Å². The van der Waals surface area contributed by atoms with Crippen molar-refractivity contribution in [3.8, 4) is 10.4 Å². The van der Waals surface area contributed by atoms with Crippen molar-refractivity contribution in [3.05, 3.63) is 29.4 Å². The standard InChI is InChI=1S/C16H24N4S.ClH/c1-3-4-14-10-17-7-8-20(14)12-15-5-6-16(21-15)13-9-18-19(2)11-13;/h5-6,9,11,14,17H,3-4,7-8,10,12H2,1-2H3;1H. The highest BCUT2D eigenvalue weighted by atomic mass is 35.5. The van der Waals surface area contributed by atoms with Crippen LogP contribution in [0.3, 0.4) is 0 Å². The smallest absolute Gasteiger partial charge is 0.0576 e. The third-order valence-corrected chi connectivity index (χ3v) is 5.22. The van der Waals surface area contributed by atoms with Crippen LogP contribution in [0.15, 0.2) is 24.5 Å². The molecule has 0 saturated carbocycles. The fourth-order valence-corrected chi connectivity index (χ4v) is 4.00. The van der Waals surface area contributed by atoms with Gasteiger partial charge in [0.25, 0.3) is 0 Å². The van der Waals surface area contributed by atoms with E-state index >= 15 is 0 Å². The Morgan fingerprint density at radius 1 is 1.41 bits per heavy atom. The first-order valence-corrected chi connectivity index (χ1v) is 8.60. The van der Waals surface area contributed by atoms with Crippen LogP contribution in [-0.2, 0) is 13.6 Å². The molecular formula is C16H25ClN4S. The number of hydrogen-bond donors (Lipinski definition) is 1. The van der Waals surface area contributed by atoms with Gasteiger partial charge in [0.15, 0.2) is 0 Å². The Morgan fingerprint density at radius 2 is 2.27 bits per heavy atom. The van der Waals surface area contributed by atoms with Crippen LogP contribution in [0.1, 0.15) is 24.6 Å². The lowest BCUT2D eigenvalue weighted by Crippen LogP contribution is -2.50. The van der Waals surface area contributed by atoms with Crippen LogP contribution in [0.5, 0.6) is 0 Å². The molecular weight excluding hydrogens is 316 g/mol. The summed E-state index contributed by atoms with van der Waals surface area (Å²) in [6, 6.07) is 5.19. The van der Waals surface area contributed by atoms with Crippen LogP contribution in [0, 0.1) is 0 Å². The van der Waals surface area contributed by atoms with Crippen molar-refractivity contribution in [2.75, 3.05) is 19.6 Å². The van der Waals surface area contributed by atoms with Gasteiger partial charge in [-0.15, -0.1) is 23.7 Å². The van der Waals surface area contributed by atoms with Crippen molar-refractivity contribution in [3.63, 3.8) is 0 Å². The maximum absolute atomic E-state index is 4.26. The summed E-state index contributed by atoms with van der Waals surface area (Å²) in [5.41, 5.74) is 1.22. The van der Waals surface area contributed by atoms with E-state index in [-0.39, 0.29) is 12.4 Å². The summed E-state index contributed by atoms with van der Waals surface area (Å²) < 4.78 is 1.86. The van der Waals surface area contributed by atoms with Gasteiger partial charge in [-0.3, -0.25) is 9.58 Å². The molecule has 1 fully saturated rings. The van der Waals surface area contributed by atoms with E-state index in [0.717, 1.165) is 26.2 Å². The Hall–Kier alpha value is -0.880. The fourth-order valence-electron chi connectivity index (χ4n) is 3.00. The molecule has 0 spiro atoms. The number of halogens is 1. The number of aryl methyl sites for hydroxylation is 1. The van der Waals surface area contributed by atoms with Gasteiger partial charge in [0.2, 0.25) is 0 Å². The number of nitrogens with zero attached hydrogens (tertiary/aromatic N) is 3. The molecule has 0 radical (unpaired) electrons. The number of piperazine rings is 1. The Labute approximate surface area is 142 Å². The number of thiophene rings is 1. The van der Waals surface area contributed by atoms with E-state index in [4.69, 9.17) is 0 Å². The van der Waals surface area contributed by atoms with Gasteiger partial charge in [-0.2, -0.15) is 5.10 Å². The third kappa shape index (κ3) is 4.10. The summed E-state index contributed by atoms with van der Waals surface area (Å²) in [5.74, 6) is 0. The van der Waals surface area contributed by atoms with E-state index in [1.165, 1.54) is 28.2 Å². The maximum Gasteiger partial charge on any atom is 0.0576 e. The van der Waals surface area contributed by atoms with E-state index in [1.54, 1.807) is 0 Å². The van der Waals surface area contributed by atoms with Gasteiger partial charge in [-0.1, -0.05) is 13.3 Å².